The largest absolute Gasteiger partial charge is 0.462 e. The Kier molecular flexibility index (Phi) is 13.6. The van der Waals surface area contributed by atoms with Crippen LogP contribution in [0.25, 0.3) is 10.4 Å². The molecule has 47 heavy (non-hydrogen) atoms. The molecule has 0 unspecified atom stereocenters. The van der Waals surface area contributed by atoms with Gasteiger partial charge >= 0.3 is 24.1 Å². The molecule has 0 fully saturated rings. The van der Waals surface area contributed by atoms with Gasteiger partial charge in [-0.2, -0.15) is 0 Å². The summed E-state index contributed by atoms with van der Waals surface area (Å²) in [5.41, 5.74) is 3.01. The molecule has 2 aromatic carbocycles. The van der Waals surface area contributed by atoms with E-state index >= 15 is 0 Å². The summed E-state index contributed by atoms with van der Waals surface area (Å²) >= 11 is 1.04. The van der Waals surface area contributed by atoms with Crippen molar-refractivity contribution in [2.24, 2.45) is 0 Å². The van der Waals surface area contributed by atoms with Gasteiger partial charge in [-0.25, -0.2) is 33.4 Å². The summed E-state index contributed by atoms with van der Waals surface area (Å²) in [6, 6.07) is 7.91. The number of nitrogens with one attached hydrogen (secondary N) is 2. The first-order valence-electron chi connectivity index (χ1n) is 14.4. The van der Waals surface area contributed by atoms with Gasteiger partial charge in [-0.3, -0.25) is 14.6 Å². The van der Waals surface area contributed by atoms with Crippen molar-refractivity contribution < 1.29 is 47.1 Å². The number of nitrogens with zero attached hydrogens (tertiary/aromatic N) is 3. The Morgan fingerprint density at radius 2 is 1.53 bits per heavy atom. The highest BCUT2D eigenvalue weighted by Crippen LogP contribution is 2.44. The van der Waals surface area contributed by atoms with Gasteiger partial charge in [0.25, 0.3) is 0 Å². The molecule has 3 aromatic rings. The summed E-state index contributed by atoms with van der Waals surface area (Å²) in [5.74, 6) is -2.47. The lowest BCUT2D eigenvalue weighted by Crippen LogP contribution is -2.44. The average molecular weight is 678 g/mol. The summed E-state index contributed by atoms with van der Waals surface area (Å²) in [4.78, 5) is 64.4. The maximum Gasteiger partial charge on any atom is 0.415 e. The van der Waals surface area contributed by atoms with Gasteiger partial charge in [-0.15, -0.1) is 16.4 Å². The van der Waals surface area contributed by atoms with Gasteiger partial charge in [0.1, 0.15) is 16.6 Å². The number of halogens is 2. The molecular weight excluding hydrogens is 640 g/mol. The van der Waals surface area contributed by atoms with E-state index < -0.39 is 42.3 Å². The first kappa shape index (κ1) is 36.8. The van der Waals surface area contributed by atoms with Crippen molar-refractivity contribution in [3.63, 3.8) is 0 Å². The number of urea groups is 2. The van der Waals surface area contributed by atoms with Gasteiger partial charge in [0, 0.05) is 28.2 Å². The van der Waals surface area contributed by atoms with Gasteiger partial charge in [0.15, 0.2) is 0 Å². The van der Waals surface area contributed by atoms with E-state index in [9.17, 15) is 28.0 Å². The van der Waals surface area contributed by atoms with Crippen molar-refractivity contribution in [2.45, 2.75) is 33.4 Å². The number of ether oxygens (including phenoxy) is 2. The molecule has 0 saturated carbocycles. The van der Waals surface area contributed by atoms with Gasteiger partial charge in [-0.1, -0.05) is 25.1 Å². The minimum absolute atomic E-state index is 0.0301. The Balaban J connectivity index is 2.16. The number of carbonyl (C=O) groups excluding carboxylic acids is 4. The molecule has 0 bridgehead atoms. The third-order valence-electron chi connectivity index (χ3n) is 6.35. The molecule has 0 saturated heterocycles. The molecule has 0 atom stereocenters. The number of carbonyl (C=O) groups is 4. The van der Waals surface area contributed by atoms with E-state index in [1.807, 2.05) is 10.4 Å². The molecule has 0 radical (unpaired) electrons. The van der Waals surface area contributed by atoms with E-state index in [-0.39, 0.29) is 35.9 Å². The predicted octanol–water partition coefficient (Wildman–Crippen LogP) is 6.15. The SMILES string of the molecule is CCCOC(=O)N(Cc1c(F)cccc1F)c1sc(-c2ccc(NC(=O)N(OC)C(=O)NOC)cc2)c(CN(C)C)c1C(=O)OCC. The van der Waals surface area contributed by atoms with Crippen LogP contribution in [0.5, 0.6) is 0 Å². The van der Waals surface area contributed by atoms with Crippen molar-refractivity contribution in [2.75, 3.05) is 51.7 Å². The highest BCUT2D eigenvalue weighted by atomic mass is 32.1. The fourth-order valence-corrected chi connectivity index (χ4v) is 5.65. The fraction of sp³-hybridized carbons (Fsp3) is 0.355. The van der Waals surface area contributed by atoms with Gasteiger partial charge < -0.3 is 19.7 Å². The quantitative estimate of drug-likeness (QED) is 0.161. The zero-order valence-electron chi connectivity index (χ0n) is 26.8. The summed E-state index contributed by atoms with van der Waals surface area (Å²) < 4.78 is 40.5. The van der Waals surface area contributed by atoms with Crippen LogP contribution in [-0.4, -0.2) is 75.6 Å². The smallest absolute Gasteiger partial charge is 0.415 e. The number of anilines is 2. The van der Waals surface area contributed by atoms with Crippen LogP contribution < -0.4 is 15.7 Å². The maximum atomic E-state index is 14.8. The Bertz CT molecular complexity index is 1550. The summed E-state index contributed by atoms with van der Waals surface area (Å²) in [5, 5.41) is 3.02. The zero-order valence-corrected chi connectivity index (χ0v) is 27.7. The van der Waals surface area contributed by atoms with Crippen molar-refractivity contribution in [3.8, 4) is 10.4 Å². The standard InChI is InChI=1S/C31H37F2N5O8S/c1-7-16-46-31(42)37(18-21-23(32)10-9-11-24(21)33)27-25(28(39)45-8-2)22(17-36(3)4)26(47-27)19-12-14-20(15-13-19)34-29(40)38(44-6)30(41)35-43-5/h9-15H,7-8,16-18H2,1-6H3,(H,34,40)(H,35,41). The van der Waals surface area contributed by atoms with Crippen LogP contribution in [-0.2, 0) is 32.2 Å². The molecule has 0 aliphatic rings. The number of rotatable bonds is 13. The molecule has 0 spiro atoms. The van der Waals surface area contributed by atoms with Crippen LogP contribution in [0.3, 0.4) is 0 Å². The molecular formula is C31H37F2N5O8S. The second kappa shape index (κ2) is 17.3. The van der Waals surface area contributed by atoms with E-state index in [4.69, 9.17) is 14.3 Å². The highest BCUT2D eigenvalue weighted by Gasteiger charge is 2.33. The molecule has 0 aliphatic heterocycles. The Labute approximate surface area is 274 Å². The number of thiophene rings is 1. The number of hydrogen-bond donors (Lipinski definition) is 2. The molecule has 16 heteroatoms. The van der Waals surface area contributed by atoms with Crippen molar-refractivity contribution in [3.05, 3.63) is 70.8 Å². The number of esters is 1. The molecule has 0 aliphatic carbocycles. The Hall–Kier alpha value is -4.64. The monoisotopic (exact) mass is 677 g/mol. The van der Waals surface area contributed by atoms with Crippen molar-refractivity contribution >= 4 is 46.2 Å². The third-order valence-corrected chi connectivity index (χ3v) is 7.66. The van der Waals surface area contributed by atoms with E-state index in [0.29, 0.717) is 33.2 Å². The van der Waals surface area contributed by atoms with Crippen molar-refractivity contribution in [1.29, 1.82) is 0 Å². The predicted molar refractivity (Wildman–Crippen MR) is 171 cm³/mol. The minimum atomic E-state index is -0.965. The number of hydrogen-bond acceptors (Lipinski definition) is 10. The highest BCUT2D eigenvalue weighted by molar-refractivity contribution is 7.20. The molecule has 254 valence electrons. The molecule has 1 aromatic heterocycles. The zero-order chi connectivity index (χ0) is 34.7. The maximum absolute atomic E-state index is 14.8. The van der Waals surface area contributed by atoms with Crippen LogP contribution in [0, 0.1) is 11.6 Å². The molecule has 1 heterocycles. The lowest BCUT2D eigenvalue weighted by molar-refractivity contribution is -0.0562. The van der Waals surface area contributed by atoms with Crippen LogP contribution in [0.4, 0.5) is 33.9 Å². The van der Waals surface area contributed by atoms with Crippen LogP contribution in [0.1, 0.15) is 41.8 Å². The first-order valence-corrected chi connectivity index (χ1v) is 15.2. The van der Waals surface area contributed by atoms with Gasteiger partial charge in [0.2, 0.25) is 0 Å². The van der Waals surface area contributed by atoms with E-state index in [1.165, 1.54) is 13.2 Å². The number of benzene rings is 2. The van der Waals surface area contributed by atoms with Gasteiger partial charge in [0.05, 0.1) is 39.5 Å². The Morgan fingerprint density at radius 1 is 0.872 bits per heavy atom. The lowest BCUT2D eigenvalue weighted by atomic mass is 10.0. The summed E-state index contributed by atoms with van der Waals surface area (Å²) in [6.07, 6.45) is -0.412. The third kappa shape index (κ3) is 9.22. The molecule has 3 rings (SSSR count). The summed E-state index contributed by atoms with van der Waals surface area (Å²) in [6.45, 7) is 3.16. The van der Waals surface area contributed by atoms with Crippen molar-refractivity contribution in [1.82, 2.24) is 15.4 Å². The molecule has 2 N–H and O–H groups in total. The molecule has 5 amide bonds. The minimum Gasteiger partial charge on any atom is -0.462 e. The first-order chi connectivity index (χ1) is 22.5. The lowest BCUT2D eigenvalue weighted by Gasteiger charge is -2.23. The Morgan fingerprint density at radius 3 is 2.09 bits per heavy atom. The summed E-state index contributed by atoms with van der Waals surface area (Å²) in [7, 11) is 5.90. The number of imide groups is 1. The van der Waals surface area contributed by atoms with E-state index in [2.05, 4.69) is 10.2 Å². The average Bonchev–Trinajstić information content (AvgIpc) is 3.38. The van der Waals surface area contributed by atoms with Crippen LogP contribution >= 0.6 is 11.3 Å². The van der Waals surface area contributed by atoms with E-state index in [0.717, 1.165) is 35.5 Å². The topological polar surface area (TPSA) is 139 Å². The van der Waals surface area contributed by atoms with E-state index in [1.54, 1.807) is 52.2 Å². The molecule has 13 nitrogen and oxygen atoms in total. The van der Waals surface area contributed by atoms with Crippen LogP contribution in [0.2, 0.25) is 0 Å². The fourth-order valence-electron chi connectivity index (χ4n) is 4.35. The number of amides is 5. The second-order valence-corrected chi connectivity index (χ2v) is 11.0. The van der Waals surface area contributed by atoms with Gasteiger partial charge in [-0.05, 0) is 57.3 Å². The number of hydroxylamine groups is 3. The normalized spacial score (nSPS) is 10.8. The second-order valence-electron chi connectivity index (χ2n) is 10.0. The van der Waals surface area contributed by atoms with Crippen LogP contribution in [0.15, 0.2) is 42.5 Å².